The Morgan fingerprint density at radius 2 is 1.62 bits per heavy atom. The van der Waals surface area contributed by atoms with Crippen molar-refractivity contribution in [1.29, 1.82) is 0 Å². The Labute approximate surface area is 89.9 Å². The molecule has 0 radical (unpaired) electrons. The van der Waals surface area contributed by atoms with E-state index in [9.17, 15) is 4.79 Å². The van der Waals surface area contributed by atoms with Crippen molar-refractivity contribution in [2.75, 3.05) is 0 Å². The molecule has 0 heterocycles. The van der Waals surface area contributed by atoms with Gasteiger partial charge in [-0.15, -0.1) is 0 Å². The van der Waals surface area contributed by atoms with Crippen LogP contribution in [0.3, 0.4) is 0 Å². The number of ketones is 1. The van der Waals surface area contributed by atoms with Crippen LogP contribution in [0, 0.1) is 0 Å². The topological polar surface area (TPSA) is 20.3 Å². The second-order valence-electron chi connectivity index (χ2n) is 3.94. The fourth-order valence-electron chi connectivity index (χ4n) is 1.75. The molecule has 13 heavy (non-hydrogen) atoms. The standard InChI is InChI=1S/C10H21NOSe/c1-7(2)11(8(3)4)10(6-13)9(5)12/h7-8,10,13H,6H2,1-5H3. The molecule has 0 amide bonds. The van der Waals surface area contributed by atoms with Crippen molar-refractivity contribution >= 4 is 21.8 Å². The summed E-state index contributed by atoms with van der Waals surface area (Å²) in [6.45, 7) is 10.2. The van der Waals surface area contributed by atoms with Crippen LogP contribution in [-0.2, 0) is 4.79 Å². The van der Waals surface area contributed by atoms with E-state index < -0.39 is 0 Å². The maximum atomic E-state index is 11.4. The van der Waals surface area contributed by atoms with E-state index in [0.29, 0.717) is 12.1 Å². The second kappa shape index (κ2) is 5.79. The number of carbonyl (C=O) groups excluding carboxylic acids is 1. The van der Waals surface area contributed by atoms with E-state index in [0.717, 1.165) is 5.32 Å². The van der Waals surface area contributed by atoms with E-state index in [4.69, 9.17) is 0 Å². The molecule has 0 aromatic rings. The number of hydrogen-bond donors (Lipinski definition) is 0. The number of Topliss-reactive ketones (excluding diaryl/α,β-unsaturated/α-hetero) is 1. The van der Waals surface area contributed by atoms with Gasteiger partial charge in [0, 0.05) is 0 Å². The van der Waals surface area contributed by atoms with Crippen LogP contribution in [0.15, 0.2) is 0 Å². The molecular formula is C10H21NOSe. The van der Waals surface area contributed by atoms with Gasteiger partial charge in [0.15, 0.2) is 0 Å². The average molecular weight is 250 g/mol. The van der Waals surface area contributed by atoms with Gasteiger partial charge in [-0.25, -0.2) is 0 Å². The van der Waals surface area contributed by atoms with Crippen LogP contribution in [0.25, 0.3) is 0 Å². The third-order valence-corrected chi connectivity index (χ3v) is 2.92. The van der Waals surface area contributed by atoms with Gasteiger partial charge in [0.25, 0.3) is 0 Å². The molecule has 2 nitrogen and oxygen atoms in total. The molecule has 0 fully saturated rings. The monoisotopic (exact) mass is 251 g/mol. The molecule has 0 saturated heterocycles. The third kappa shape index (κ3) is 3.80. The van der Waals surface area contributed by atoms with E-state index in [1.165, 1.54) is 0 Å². The number of rotatable bonds is 5. The van der Waals surface area contributed by atoms with E-state index in [1.54, 1.807) is 6.92 Å². The number of hydrogen-bond acceptors (Lipinski definition) is 2. The summed E-state index contributed by atoms with van der Waals surface area (Å²) in [4.78, 5) is 13.6. The predicted octanol–water partition coefficient (Wildman–Crippen LogP) is 1.38. The van der Waals surface area contributed by atoms with Crippen molar-refractivity contribution in [1.82, 2.24) is 4.90 Å². The molecule has 0 saturated carbocycles. The first-order valence-corrected chi connectivity index (χ1v) is 6.13. The normalized spacial score (nSPS) is 14.2. The van der Waals surface area contributed by atoms with Crippen molar-refractivity contribution in [2.24, 2.45) is 0 Å². The fourth-order valence-corrected chi connectivity index (χ4v) is 2.68. The zero-order chi connectivity index (χ0) is 10.6. The summed E-state index contributed by atoms with van der Waals surface area (Å²) < 4.78 is 0. The number of nitrogens with zero attached hydrogens (tertiary/aromatic N) is 1. The first kappa shape index (κ1) is 13.1. The SMILES string of the molecule is CC(=O)C(C[SeH])N(C(C)C)C(C)C. The average Bonchev–Trinajstić information content (AvgIpc) is 1.97. The molecule has 0 N–H and O–H groups in total. The van der Waals surface area contributed by atoms with Gasteiger partial charge in [-0.3, -0.25) is 0 Å². The van der Waals surface area contributed by atoms with Crippen LogP contribution in [-0.4, -0.2) is 44.8 Å². The van der Waals surface area contributed by atoms with Gasteiger partial charge in [0.05, 0.1) is 0 Å². The molecule has 0 bridgehead atoms. The van der Waals surface area contributed by atoms with Crippen molar-refractivity contribution < 1.29 is 4.79 Å². The molecule has 0 spiro atoms. The minimum absolute atomic E-state index is 0.0694. The minimum atomic E-state index is 0.0694. The van der Waals surface area contributed by atoms with Crippen molar-refractivity contribution in [3.63, 3.8) is 0 Å². The summed E-state index contributed by atoms with van der Waals surface area (Å²) in [6, 6.07) is 0.927. The zero-order valence-electron chi connectivity index (χ0n) is 9.24. The molecule has 1 atom stereocenters. The molecule has 1 unspecified atom stereocenters. The quantitative estimate of drug-likeness (QED) is 0.687. The van der Waals surface area contributed by atoms with Gasteiger partial charge in [-0.2, -0.15) is 0 Å². The van der Waals surface area contributed by atoms with E-state index in [1.807, 2.05) is 0 Å². The Morgan fingerprint density at radius 1 is 1.23 bits per heavy atom. The van der Waals surface area contributed by atoms with Gasteiger partial charge < -0.3 is 0 Å². The molecule has 0 aliphatic carbocycles. The Balaban J connectivity index is 4.59. The van der Waals surface area contributed by atoms with E-state index in [2.05, 4.69) is 48.6 Å². The third-order valence-electron chi connectivity index (χ3n) is 2.19. The van der Waals surface area contributed by atoms with Crippen LogP contribution in [0.4, 0.5) is 0 Å². The summed E-state index contributed by atoms with van der Waals surface area (Å²) in [7, 11) is 0. The van der Waals surface area contributed by atoms with Crippen LogP contribution in [0.5, 0.6) is 0 Å². The Hall–Kier alpha value is 0.149. The predicted molar refractivity (Wildman–Crippen MR) is 58.5 cm³/mol. The molecule has 0 aliphatic heterocycles. The Morgan fingerprint density at radius 3 is 1.69 bits per heavy atom. The van der Waals surface area contributed by atoms with Crippen LogP contribution in [0.2, 0.25) is 5.32 Å². The second-order valence-corrected chi connectivity index (χ2v) is 4.71. The zero-order valence-corrected chi connectivity index (χ0v) is 11.1. The van der Waals surface area contributed by atoms with Crippen LogP contribution in [0.1, 0.15) is 34.6 Å². The molecule has 0 aromatic carbocycles. The van der Waals surface area contributed by atoms with Gasteiger partial charge in [0.1, 0.15) is 0 Å². The molecule has 3 heteroatoms. The maximum absolute atomic E-state index is 11.4. The summed E-state index contributed by atoms with van der Waals surface area (Å²) in [5.41, 5.74) is 0. The fraction of sp³-hybridized carbons (Fsp3) is 0.900. The molecule has 0 aromatic heterocycles. The van der Waals surface area contributed by atoms with Crippen molar-refractivity contribution in [2.45, 2.75) is 58.1 Å². The van der Waals surface area contributed by atoms with Crippen molar-refractivity contribution in [3.8, 4) is 0 Å². The molecular weight excluding hydrogens is 229 g/mol. The first-order valence-electron chi connectivity index (χ1n) is 4.80. The molecule has 0 rings (SSSR count). The summed E-state index contributed by atoms with van der Waals surface area (Å²) in [5, 5.41) is 0.846. The molecule has 0 aliphatic rings. The van der Waals surface area contributed by atoms with E-state index >= 15 is 0 Å². The summed E-state index contributed by atoms with van der Waals surface area (Å²) >= 11 is 2.51. The van der Waals surface area contributed by atoms with Gasteiger partial charge in [-0.1, -0.05) is 0 Å². The van der Waals surface area contributed by atoms with Gasteiger partial charge in [-0.05, 0) is 0 Å². The summed E-state index contributed by atoms with van der Waals surface area (Å²) in [5.74, 6) is 0.267. The van der Waals surface area contributed by atoms with Crippen LogP contribution < -0.4 is 0 Å². The Bertz CT molecular complexity index is 160. The number of carbonyl (C=O) groups is 1. The van der Waals surface area contributed by atoms with Gasteiger partial charge in [0.2, 0.25) is 0 Å². The van der Waals surface area contributed by atoms with Crippen LogP contribution >= 0.6 is 0 Å². The Kier molecular flexibility index (Phi) is 5.86. The molecule has 78 valence electrons. The summed E-state index contributed by atoms with van der Waals surface area (Å²) in [6.07, 6.45) is 0. The van der Waals surface area contributed by atoms with E-state index in [-0.39, 0.29) is 11.8 Å². The van der Waals surface area contributed by atoms with Gasteiger partial charge >= 0.3 is 89.6 Å². The van der Waals surface area contributed by atoms with Crippen molar-refractivity contribution in [3.05, 3.63) is 0 Å². The first-order chi connectivity index (χ1) is 5.91.